The predicted octanol–water partition coefficient (Wildman–Crippen LogP) is 4.84. The van der Waals surface area contributed by atoms with Crippen molar-refractivity contribution >= 4 is 25.4 Å². The van der Waals surface area contributed by atoms with Crippen LogP contribution in [0.25, 0.3) is 0 Å². The van der Waals surface area contributed by atoms with Crippen molar-refractivity contribution < 1.29 is 23.6 Å². The molecule has 0 aliphatic carbocycles. The molecule has 3 aromatic carbocycles. The predicted molar refractivity (Wildman–Crippen MR) is 113 cm³/mol. The van der Waals surface area contributed by atoms with E-state index in [1.54, 1.807) is 18.2 Å². The van der Waals surface area contributed by atoms with Crippen molar-refractivity contribution in [3.63, 3.8) is 0 Å². The maximum atomic E-state index is 11.6. The molecule has 0 spiro atoms. The monoisotopic (exact) mass is 408 g/mol. The van der Waals surface area contributed by atoms with Gasteiger partial charge in [-0.2, -0.15) is 0 Å². The molecule has 0 heterocycles. The number of para-hydroxylation sites is 1. The molecule has 6 heteroatoms. The molecule has 1 unspecified atom stereocenters. The standard InChI is InChI=1S/C23H21O5P/c1-17(24)26-21-13-14-22(27-18(2)25)23(15-21)29(16-19-9-5-3-6-10-19)28-20-11-7-4-8-12-20/h3-15H,16H2,1-2H3. The highest BCUT2D eigenvalue weighted by molar-refractivity contribution is 7.60. The van der Waals surface area contributed by atoms with Crippen molar-refractivity contribution in [2.75, 3.05) is 0 Å². The van der Waals surface area contributed by atoms with E-state index in [1.165, 1.54) is 13.8 Å². The van der Waals surface area contributed by atoms with E-state index < -0.39 is 20.1 Å². The van der Waals surface area contributed by atoms with E-state index in [2.05, 4.69) is 0 Å². The number of ether oxygens (including phenoxy) is 2. The van der Waals surface area contributed by atoms with Crippen LogP contribution in [0.5, 0.6) is 17.2 Å². The summed E-state index contributed by atoms with van der Waals surface area (Å²) in [7, 11) is -1.27. The fraction of sp³-hybridized carbons (Fsp3) is 0.130. The molecule has 0 saturated carbocycles. The summed E-state index contributed by atoms with van der Waals surface area (Å²) in [5.41, 5.74) is 1.08. The molecule has 0 saturated heterocycles. The Balaban J connectivity index is 2.03. The van der Waals surface area contributed by atoms with Crippen LogP contribution in [-0.2, 0) is 15.8 Å². The maximum Gasteiger partial charge on any atom is 0.308 e. The summed E-state index contributed by atoms with van der Waals surface area (Å²) >= 11 is 0. The average molecular weight is 408 g/mol. The second-order valence-electron chi connectivity index (χ2n) is 6.24. The largest absolute Gasteiger partial charge is 0.469 e. The van der Waals surface area contributed by atoms with Crippen LogP contribution in [0.15, 0.2) is 78.9 Å². The van der Waals surface area contributed by atoms with Gasteiger partial charge in [0.1, 0.15) is 25.4 Å². The number of hydrogen-bond donors (Lipinski definition) is 0. The fourth-order valence-electron chi connectivity index (χ4n) is 2.69. The molecule has 0 N–H and O–H groups in total. The van der Waals surface area contributed by atoms with E-state index in [4.69, 9.17) is 14.0 Å². The molecule has 0 aliphatic heterocycles. The molecular weight excluding hydrogens is 387 g/mol. The first-order valence-electron chi connectivity index (χ1n) is 9.06. The summed E-state index contributed by atoms with van der Waals surface area (Å²) in [5, 5.41) is 0.682. The molecule has 148 valence electrons. The lowest BCUT2D eigenvalue weighted by atomic mass is 10.2. The zero-order valence-corrected chi connectivity index (χ0v) is 17.1. The Morgan fingerprint density at radius 1 is 0.759 bits per heavy atom. The van der Waals surface area contributed by atoms with Crippen LogP contribution >= 0.6 is 8.15 Å². The average Bonchev–Trinajstić information content (AvgIpc) is 2.69. The number of rotatable bonds is 7. The molecule has 1 atom stereocenters. The van der Waals surface area contributed by atoms with Gasteiger partial charge in [0.25, 0.3) is 0 Å². The van der Waals surface area contributed by atoms with Gasteiger partial charge in [-0.25, -0.2) is 0 Å². The van der Waals surface area contributed by atoms with Crippen molar-refractivity contribution in [1.82, 2.24) is 0 Å². The zero-order chi connectivity index (χ0) is 20.6. The van der Waals surface area contributed by atoms with Gasteiger partial charge >= 0.3 is 11.9 Å². The van der Waals surface area contributed by atoms with Gasteiger partial charge in [0, 0.05) is 20.0 Å². The lowest BCUT2D eigenvalue weighted by Crippen LogP contribution is -2.15. The van der Waals surface area contributed by atoms with E-state index in [0.29, 0.717) is 28.7 Å². The van der Waals surface area contributed by atoms with E-state index in [-0.39, 0.29) is 0 Å². The highest BCUT2D eigenvalue weighted by Crippen LogP contribution is 2.44. The van der Waals surface area contributed by atoms with Crippen LogP contribution in [0.3, 0.4) is 0 Å². The van der Waals surface area contributed by atoms with E-state index in [1.807, 2.05) is 60.7 Å². The SMILES string of the molecule is CC(=O)Oc1ccc(OC(C)=O)c(P(Cc2ccccc2)Oc2ccccc2)c1. The number of carbonyl (C=O) groups is 2. The van der Waals surface area contributed by atoms with Crippen molar-refractivity contribution in [3.05, 3.63) is 84.4 Å². The van der Waals surface area contributed by atoms with Crippen molar-refractivity contribution in [3.8, 4) is 17.2 Å². The molecule has 0 radical (unpaired) electrons. The normalized spacial score (nSPS) is 11.4. The van der Waals surface area contributed by atoms with Crippen LogP contribution in [0.1, 0.15) is 19.4 Å². The first kappa shape index (κ1) is 20.6. The quantitative estimate of drug-likeness (QED) is 0.318. The Morgan fingerprint density at radius 2 is 1.38 bits per heavy atom. The lowest BCUT2D eigenvalue weighted by molar-refractivity contribution is -0.133. The Labute approximate surface area is 171 Å². The van der Waals surface area contributed by atoms with Crippen LogP contribution in [0.2, 0.25) is 0 Å². The third kappa shape index (κ3) is 6.16. The minimum atomic E-state index is -1.27. The Bertz CT molecular complexity index is 932. The topological polar surface area (TPSA) is 61.8 Å². The Hall–Kier alpha value is -3.17. The third-order valence-corrected chi connectivity index (χ3v) is 5.81. The highest BCUT2D eigenvalue weighted by atomic mass is 31.1. The summed E-state index contributed by atoms with van der Waals surface area (Å²) in [6.45, 7) is 2.69. The van der Waals surface area contributed by atoms with Gasteiger partial charge in [0.15, 0.2) is 0 Å². The molecule has 0 amide bonds. The van der Waals surface area contributed by atoms with Gasteiger partial charge in [-0.1, -0.05) is 48.5 Å². The minimum Gasteiger partial charge on any atom is -0.469 e. The lowest BCUT2D eigenvalue weighted by Gasteiger charge is -2.22. The van der Waals surface area contributed by atoms with E-state index in [0.717, 1.165) is 5.56 Å². The molecule has 0 bridgehead atoms. The van der Waals surface area contributed by atoms with Gasteiger partial charge in [-0.3, -0.25) is 9.59 Å². The fourth-order valence-corrected chi connectivity index (χ4v) is 4.58. The summed E-state index contributed by atoms with van der Waals surface area (Å²) in [6, 6.07) is 24.3. The van der Waals surface area contributed by atoms with Gasteiger partial charge in [-0.15, -0.1) is 0 Å². The van der Waals surface area contributed by atoms with Crippen molar-refractivity contribution in [1.29, 1.82) is 0 Å². The second kappa shape index (κ2) is 9.85. The minimum absolute atomic E-state index is 0.376. The van der Waals surface area contributed by atoms with Gasteiger partial charge < -0.3 is 14.0 Å². The molecule has 0 aromatic heterocycles. The van der Waals surface area contributed by atoms with E-state index >= 15 is 0 Å². The Kier molecular flexibility index (Phi) is 6.99. The first-order valence-corrected chi connectivity index (χ1v) is 10.5. The van der Waals surface area contributed by atoms with Gasteiger partial charge in [-0.05, 0) is 35.9 Å². The molecule has 3 rings (SSSR count). The number of esters is 2. The number of carbonyl (C=O) groups excluding carboxylic acids is 2. The highest BCUT2D eigenvalue weighted by Gasteiger charge is 2.22. The van der Waals surface area contributed by atoms with Crippen LogP contribution in [0.4, 0.5) is 0 Å². The summed E-state index contributed by atoms with van der Waals surface area (Å²) < 4.78 is 17.0. The summed E-state index contributed by atoms with van der Waals surface area (Å²) in [5.74, 6) is 0.626. The summed E-state index contributed by atoms with van der Waals surface area (Å²) in [4.78, 5) is 23.0. The van der Waals surface area contributed by atoms with Crippen molar-refractivity contribution in [2.24, 2.45) is 0 Å². The second-order valence-corrected chi connectivity index (χ2v) is 7.98. The first-order chi connectivity index (χ1) is 14.0. The Morgan fingerprint density at radius 3 is 2.00 bits per heavy atom. The molecule has 29 heavy (non-hydrogen) atoms. The number of benzene rings is 3. The third-order valence-electron chi connectivity index (χ3n) is 3.84. The smallest absolute Gasteiger partial charge is 0.308 e. The van der Waals surface area contributed by atoms with Crippen LogP contribution in [0, 0.1) is 0 Å². The molecule has 0 fully saturated rings. The van der Waals surface area contributed by atoms with E-state index in [9.17, 15) is 9.59 Å². The van der Waals surface area contributed by atoms with Crippen molar-refractivity contribution in [2.45, 2.75) is 20.0 Å². The number of hydrogen-bond acceptors (Lipinski definition) is 5. The van der Waals surface area contributed by atoms with Crippen LogP contribution in [-0.4, -0.2) is 11.9 Å². The summed E-state index contributed by atoms with van der Waals surface area (Å²) in [6.07, 6.45) is 0.600. The molecule has 0 aliphatic rings. The van der Waals surface area contributed by atoms with Crippen LogP contribution < -0.4 is 19.3 Å². The molecular formula is C23H21O5P. The van der Waals surface area contributed by atoms with Gasteiger partial charge in [0.05, 0.1) is 5.30 Å². The zero-order valence-electron chi connectivity index (χ0n) is 16.2. The molecule has 5 nitrogen and oxygen atoms in total. The van der Waals surface area contributed by atoms with Gasteiger partial charge in [0.2, 0.25) is 0 Å². The molecule has 3 aromatic rings. The maximum absolute atomic E-state index is 11.6.